The van der Waals surface area contributed by atoms with Crippen LogP contribution in [0.1, 0.15) is 5.56 Å². The minimum Gasteiger partial charge on any atom is -0.206 e. The van der Waals surface area contributed by atoms with Gasteiger partial charge in [0.15, 0.2) is 0 Å². The van der Waals surface area contributed by atoms with Gasteiger partial charge in [-0.2, -0.15) is 8.78 Å². The Labute approximate surface area is 101 Å². The standard InChI is InChI=1S/C14H8F4/c15-12-4-2-1-3-11(12)9-5-6-10(8-14(17)18)13(16)7-9/h1-8H. The SMILES string of the molecule is FC(F)=Cc1ccc(-c2ccccc2F)cc1F. The Bertz CT molecular complexity index is 598. The van der Waals surface area contributed by atoms with Gasteiger partial charge in [0.2, 0.25) is 0 Å². The molecule has 92 valence electrons. The number of hydrogen-bond donors (Lipinski definition) is 0. The summed E-state index contributed by atoms with van der Waals surface area (Å²) in [6.07, 6.45) is -1.55. The van der Waals surface area contributed by atoms with Crippen LogP contribution < -0.4 is 0 Å². The van der Waals surface area contributed by atoms with Crippen LogP contribution in [0.4, 0.5) is 17.6 Å². The molecule has 0 nitrogen and oxygen atoms in total. The van der Waals surface area contributed by atoms with Crippen molar-refractivity contribution in [3.63, 3.8) is 0 Å². The number of halogens is 4. The van der Waals surface area contributed by atoms with Crippen molar-refractivity contribution in [1.29, 1.82) is 0 Å². The maximum Gasteiger partial charge on any atom is 0.271 e. The van der Waals surface area contributed by atoms with E-state index in [4.69, 9.17) is 0 Å². The maximum atomic E-state index is 13.5. The lowest BCUT2D eigenvalue weighted by Crippen LogP contribution is -1.87. The summed E-state index contributed by atoms with van der Waals surface area (Å²) in [5.41, 5.74) is 0.310. The summed E-state index contributed by atoms with van der Waals surface area (Å²) in [6, 6.07) is 9.51. The third kappa shape index (κ3) is 2.59. The first-order valence-corrected chi connectivity index (χ1v) is 5.15. The fraction of sp³-hybridized carbons (Fsp3) is 0. The molecule has 2 aromatic carbocycles. The number of hydrogen-bond acceptors (Lipinski definition) is 0. The molecule has 2 aromatic rings. The van der Waals surface area contributed by atoms with E-state index in [-0.39, 0.29) is 11.1 Å². The average Bonchev–Trinajstić information content (AvgIpc) is 2.32. The summed E-state index contributed by atoms with van der Waals surface area (Å²) < 4.78 is 51.0. The molecule has 18 heavy (non-hydrogen) atoms. The molecule has 0 bridgehead atoms. The highest BCUT2D eigenvalue weighted by atomic mass is 19.3. The molecule has 0 aliphatic carbocycles. The van der Waals surface area contributed by atoms with Gasteiger partial charge < -0.3 is 0 Å². The van der Waals surface area contributed by atoms with Gasteiger partial charge in [-0.05, 0) is 17.7 Å². The van der Waals surface area contributed by atoms with Crippen LogP contribution in [0, 0.1) is 11.6 Å². The minimum absolute atomic E-state index is 0.227. The van der Waals surface area contributed by atoms with Crippen molar-refractivity contribution in [3.8, 4) is 11.1 Å². The van der Waals surface area contributed by atoms with Gasteiger partial charge in [-0.15, -0.1) is 0 Å². The molecule has 0 aliphatic rings. The molecule has 0 fully saturated rings. The van der Waals surface area contributed by atoms with Crippen molar-refractivity contribution in [2.24, 2.45) is 0 Å². The van der Waals surface area contributed by atoms with Crippen molar-refractivity contribution >= 4 is 6.08 Å². The highest BCUT2D eigenvalue weighted by molar-refractivity contribution is 5.66. The summed E-state index contributed by atoms with van der Waals surface area (Å²) in [6.45, 7) is 0. The molecular weight excluding hydrogens is 244 g/mol. The first-order valence-electron chi connectivity index (χ1n) is 5.15. The van der Waals surface area contributed by atoms with Gasteiger partial charge in [-0.3, -0.25) is 0 Å². The summed E-state index contributed by atoms with van der Waals surface area (Å²) >= 11 is 0. The molecule has 0 aromatic heterocycles. The number of benzene rings is 2. The third-order valence-electron chi connectivity index (χ3n) is 2.45. The van der Waals surface area contributed by atoms with E-state index in [9.17, 15) is 17.6 Å². The van der Waals surface area contributed by atoms with Gasteiger partial charge in [-0.1, -0.05) is 30.3 Å². The molecule has 0 saturated heterocycles. The van der Waals surface area contributed by atoms with Gasteiger partial charge in [0, 0.05) is 17.2 Å². The van der Waals surface area contributed by atoms with E-state index in [1.807, 2.05) is 0 Å². The molecule has 0 heterocycles. The van der Waals surface area contributed by atoms with E-state index in [2.05, 4.69) is 0 Å². The van der Waals surface area contributed by atoms with Crippen LogP contribution in [0.25, 0.3) is 17.2 Å². The van der Waals surface area contributed by atoms with E-state index in [1.165, 1.54) is 30.3 Å². The largest absolute Gasteiger partial charge is 0.271 e. The second kappa shape index (κ2) is 5.04. The predicted octanol–water partition coefficient (Wildman–Crippen LogP) is 4.87. The molecule has 0 amide bonds. The second-order valence-corrected chi connectivity index (χ2v) is 3.65. The predicted molar refractivity (Wildman–Crippen MR) is 62.0 cm³/mol. The summed E-state index contributed by atoms with van der Waals surface area (Å²) in [4.78, 5) is 0. The molecule has 0 unspecified atom stereocenters. The van der Waals surface area contributed by atoms with Gasteiger partial charge in [0.25, 0.3) is 6.08 Å². The van der Waals surface area contributed by atoms with Crippen LogP contribution in [-0.2, 0) is 0 Å². The summed E-state index contributed by atoms with van der Waals surface area (Å²) in [5.74, 6) is -1.31. The molecular formula is C14H8F4. The Morgan fingerprint density at radius 3 is 2.22 bits per heavy atom. The molecule has 0 radical (unpaired) electrons. The second-order valence-electron chi connectivity index (χ2n) is 3.65. The van der Waals surface area contributed by atoms with Gasteiger partial charge in [-0.25, -0.2) is 8.78 Å². The monoisotopic (exact) mass is 252 g/mol. The molecule has 0 atom stereocenters. The van der Waals surface area contributed by atoms with Gasteiger partial charge in [0.05, 0.1) is 0 Å². The molecule has 0 spiro atoms. The molecule has 0 aliphatic heterocycles. The smallest absolute Gasteiger partial charge is 0.206 e. The zero-order chi connectivity index (χ0) is 13.1. The Morgan fingerprint density at radius 1 is 0.889 bits per heavy atom. The fourth-order valence-corrected chi connectivity index (χ4v) is 1.62. The van der Waals surface area contributed by atoms with E-state index < -0.39 is 17.7 Å². The molecule has 2 rings (SSSR count). The zero-order valence-corrected chi connectivity index (χ0v) is 9.13. The van der Waals surface area contributed by atoms with Crippen LogP contribution in [-0.4, -0.2) is 0 Å². The van der Waals surface area contributed by atoms with E-state index in [1.54, 1.807) is 6.07 Å². The highest BCUT2D eigenvalue weighted by Crippen LogP contribution is 2.25. The minimum atomic E-state index is -1.98. The lowest BCUT2D eigenvalue weighted by atomic mass is 10.0. The van der Waals surface area contributed by atoms with Crippen LogP contribution in [0.5, 0.6) is 0 Å². The maximum absolute atomic E-state index is 13.5. The average molecular weight is 252 g/mol. The van der Waals surface area contributed by atoms with Crippen molar-refractivity contribution in [2.45, 2.75) is 0 Å². The molecule has 4 heteroatoms. The van der Waals surface area contributed by atoms with Crippen LogP contribution in [0.2, 0.25) is 0 Å². The topological polar surface area (TPSA) is 0 Å². The Morgan fingerprint density at radius 2 is 1.61 bits per heavy atom. The van der Waals surface area contributed by atoms with E-state index >= 15 is 0 Å². The fourth-order valence-electron chi connectivity index (χ4n) is 1.62. The lowest BCUT2D eigenvalue weighted by Gasteiger charge is -2.04. The van der Waals surface area contributed by atoms with Crippen molar-refractivity contribution in [2.75, 3.05) is 0 Å². The van der Waals surface area contributed by atoms with E-state index in [0.29, 0.717) is 11.6 Å². The van der Waals surface area contributed by atoms with Crippen LogP contribution in [0.3, 0.4) is 0 Å². The molecule has 0 saturated carbocycles. The van der Waals surface area contributed by atoms with E-state index in [0.717, 1.165) is 6.07 Å². The highest BCUT2D eigenvalue weighted by Gasteiger charge is 2.07. The number of rotatable bonds is 2. The Kier molecular flexibility index (Phi) is 3.46. The molecule has 0 N–H and O–H groups in total. The Balaban J connectivity index is 2.47. The van der Waals surface area contributed by atoms with Gasteiger partial charge >= 0.3 is 0 Å². The first kappa shape index (κ1) is 12.4. The summed E-state index contributed by atoms with van der Waals surface area (Å²) in [7, 11) is 0. The van der Waals surface area contributed by atoms with Crippen molar-refractivity contribution in [1.82, 2.24) is 0 Å². The van der Waals surface area contributed by atoms with Crippen molar-refractivity contribution in [3.05, 3.63) is 65.7 Å². The first-order chi connectivity index (χ1) is 8.58. The summed E-state index contributed by atoms with van der Waals surface area (Å²) in [5, 5.41) is 0. The van der Waals surface area contributed by atoms with Crippen LogP contribution in [0.15, 0.2) is 48.5 Å². The van der Waals surface area contributed by atoms with Gasteiger partial charge in [0.1, 0.15) is 11.6 Å². The van der Waals surface area contributed by atoms with Crippen molar-refractivity contribution < 1.29 is 17.6 Å². The normalized spacial score (nSPS) is 10.2. The zero-order valence-electron chi connectivity index (χ0n) is 9.13. The third-order valence-corrected chi connectivity index (χ3v) is 2.45. The Hall–Kier alpha value is -2.10. The van der Waals surface area contributed by atoms with Crippen LogP contribution >= 0.6 is 0 Å². The lowest BCUT2D eigenvalue weighted by molar-refractivity contribution is 0.429. The quantitative estimate of drug-likeness (QED) is 0.669.